The molecular formula is C86H104Cl3N3O19. The molecule has 22 nitrogen and oxygen atoms in total. The highest BCUT2D eigenvalue weighted by molar-refractivity contribution is 6.76. The molecule has 6 saturated carbocycles. The second-order valence-electron chi connectivity index (χ2n) is 34.9. The topological polar surface area (TPSA) is 309 Å². The maximum absolute atomic E-state index is 13.8. The van der Waals surface area contributed by atoms with Crippen LogP contribution in [0, 0.1) is 74.4 Å². The van der Waals surface area contributed by atoms with Crippen LogP contribution >= 0.6 is 34.8 Å². The fraction of sp³-hybridized carbons (Fsp3) is 0.616. The van der Waals surface area contributed by atoms with Gasteiger partial charge in [0.2, 0.25) is 12.2 Å². The summed E-state index contributed by atoms with van der Waals surface area (Å²) < 4.78 is 43.6. The van der Waals surface area contributed by atoms with Crippen LogP contribution in [-0.4, -0.2) is 144 Å². The Hall–Kier alpha value is -6.86. The van der Waals surface area contributed by atoms with Crippen molar-refractivity contribution in [2.45, 2.75) is 248 Å². The van der Waals surface area contributed by atoms with E-state index >= 15 is 0 Å². The molecule has 2 aromatic carbocycles. The number of carbonyl (C=O) groups excluding carboxylic acids is 6. The van der Waals surface area contributed by atoms with E-state index in [1.54, 1.807) is 61.1 Å². The summed E-state index contributed by atoms with van der Waals surface area (Å²) in [5.41, 5.74) is 3.54. The van der Waals surface area contributed by atoms with E-state index in [1.807, 2.05) is 39.8 Å². The Kier molecular flexibility index (Phi) is 22.1. The molecule has 0 spiro atoms. The number of rotatable bonds is 11. The van der Waals surface area contributed by atoms with Gasteiger partial charge in [-0.2, -0.15) is 0 Å². The lowest BCUT2D eigenvalue weighted by molar-refractivity contribution is -0.264. The van der Waals surface area contributed by atoms with Gasteiger partial charge in [0.15, 0.2) is 6.29 Å². The molecule has 2 aromatic heterocycles. The van der Waals surface area contributed by atoms with Gasteiger partial charge in [0.1, 0.15) is 19.3 Å². The van der Waals surface area contributed by atoms with Crippen molar-refractivity contribution in [3.05, 3.63) is 163 Å². The van der Waals surface area contributed by atoms with Crippen LogP contribution in [0.4, 0.5) is 0 Å². The molecule has 2 saturated heterocycles. The Morgan fingerprint density at radius 3 is 1.33 bits per heavy atom. The van der Waals surface area contributed by atoms with Gasteiger partial charge in [-0.25, -0.2) is 9.59 Å². The van der Waals surface area contributed by atoms with Gasteiger partial charge in [-0.3, -0.25) is 44.0 Å². The Balaban J connectivity index is 0.000000149. The highest BCUT2D eigenvalue weighted by Crippen LogP contribution is 2.72. The third-order valence-corrected chi connectivity index (χ3v) is 30.3. The van der Waals surface area contributed by atoms with Gasteiger partial charge in [-0.1, -0.05) is 138 Å². The molecule has 6 heterocycles. The smallest absolute Gasteiger partial charge is 0.335 e. The number of imide groups is 2. The quantitative estimate of drug-likeness (QED) is 0.0271. The van der Waals surface area contributed by atoms with Gasteiger partial charge >= 0.3 is 23.2 Å². The molecule has 4 aromatic rings. The Labute approximate surface area is 662 Å². The average molecular weight is 1590 g/mol. The fourth-order valence-electron chi connectivity index (χ4n) is 23.2. The Morgan fingerprint density at radius 2 is 0.928 bits per heavy atom. The number of aliphatic hydroxyl groups excluding tert-OH is 1. The van der Waals surface area contributed by atoms with Crippen molar-refractivity contribution in [3.8, 4) is 0 Å². The standard InChI is InChI=1S/C42H51NO9.C24H32O4.C20H21Cl3N2O6/c1-23-24(2)36(43-37(46)29-8-6-7-9-30(29)38(43)47)39(52-34(23)22-49-25(3)44)51-28-14-17-40(4)27(20-28)11-12-33-32(40)15-18-41(5)31(16-19-42(33,41)48)26-10-13-35(45)50-21-26;1-22-10-7-17(25)13-16(22)4-5-20-19(22)8-11-23(2)18(9-12-24(20,23)27)15-3-6-21(26)28-14-15;1-9-10(2)15(25-16(27)12-6-4-5-7-13(12)17(25)28)18(31-19(24)20(21,22)23)30-14(9)8-29-11(3)26/h6-10,13,20-21,23-24,28,31-34,36,39,48H,11-12,14-19,22H2,1-5H3;3,6,13-14,17-20,25,27H,4-5,7-12H2,1-2H3;4-7,9-10,14-15,18,24H,8H2,1-3H3/t23-,24-,28-,31+,32?,33?,34?,36?,39+,40-,41+,42-;17-,18+,19?,20?,22-,23+,24-;9-,10-,14?,15?,18?/m000/s1. The molecule has 4 amide bonds. The van der Waals surface area contributed by atoms with Crippen LogP contribution in [0.25, 0.3) is 0 Å². The molecule has 0 radical (unpaired) electrons. The zero-order chi connectivity index (χ0) is 79.6. The molecule has 16 rings (SSSR count). The normalized spacial score (nSPS) is 39.2. The highest BCUT2D eigenvalue weighted by Gasteiger charge is 2.69. The minimum atomic E-state index is -2.17. The fourth-order valence-corrected chi connectivity index (χ4v) is 23.4. The van der Waals surface area contributed by atoms with E-state index in [-0.39, 0.29) is 123 Å². The number of halogens is 3. The molecule has 0 bridgehead atoms. The number of amides is 4. The van der Waals surface area contributed by atoms with Crippen LogP contribution in [-0.2, 0) is 38.0 Å². The van der Waals surface area contributed by atoms with E-state index in [2.05, 4.69) is 39.8 Å². The maximum atomic E-state index is 13.8. The number of ether oxygens (including phenoxy) is 6. The summed E-state index contributed by atoms with van der Waals surface area (Å²) in [6, 6.07) is 18.5. The number of nitrogens with one attached hydrogen (secondary N) is 1. The summed E-state index contributed by atoms with van der Waals surface area (Å²) in [6.45, 7) is 19.6. The van der Waals surface area contributed by atoms with Gasteiger partial charge in [0.25, 0.3) is 27.4 Å². The molecule has 4 N–H and O–H groups in total. The van der Waals surface area contributed by atoms with Gasteiger partial charge < -0.3 is 52.6 Å². The van der Waals surface area contributed by atoms with Gasteiger partial charge in [0.05, 0.1) is 76.4 Å². The number of aliphatic hydroxyl groups is 3. The van der Waals surface area contributed by atoms with Gasteiger partial charge in [0, 0.05) is 36.8 Å². The summed E-state index contributed by atoms with van der Waals surface area (Å²) >= 11 is 17.3. The predicted molar refractivity (Wildman–Crippen MR) is 410 cm³/mol. The van der Waals surface area contributed by atoms with Gasteiger partial charge in [-0.05, 0) is 220 Å². The first-order chi connectivity index (χ1) is 52.5. The number of hydrogen-bond donors (Lipinski definition) is 4. The molecule has 12 aliphatic rings. The minimum absolute atomic E-state index is 0.0594. The number of hydrogen-bond acceptors (Lipinski definition) is 20. The number of carbonyl (C=O) groups is 6. The molecule has 598 valence electrons. The SMILES string of the molecule is CC(=O)OCC1OC(OC(=N)C(Cl)(Cl)Cl)C(N2C(=O)c3ccccc3C2=O)[C@@H](C)[C@@H]1C.CC(=O)OCC1O[C@@H](O[C@@H]2C=C3CCC4C(CC[C@]5(C)[C@@H](c6ccc(=O)oc6)CC[C@]45O)[C@@]3(C)CC2)C(N2C(=O)c3ccccc3C2=O)[C@@H](C)[C@@H]1C.C[C@]12CC[C@H](O)C=C1CCC1C2CC[C@]2(C)[C@@H](c3ccc(=O)oc3)CC[C@]12O. The van der Waals surface area contributed by atoms with Crippen molar-refractivity contribution in [2.75, 3.05) is 13.2 Å². The largest absolute Gasteiger partial charge is 0.463 e. The van der Waals surface area contributed by atoms with Crippen LogP contribution in [0.3, 0.4) is 0 Å². The molecule has 4 aliphatic heterocycles. The lowest BCUT2D eigenvalue weighted by atomic mass is 9.45. The van der Waals surface area contributed by atoms with Crippen LogP contribution in [0.5, 0.6) is 0 Å². The number of alkyl halides is 3. The molecule has 25 heteroatoms. The third-order valence-electron chi connectivity index (χ3n) is 29.8. The summed E-state index contributed by atoms with van der Waals surface area (Å²) in [7, 11) is 0. The number of allylic oxidation sites excluding steroid dienone is 2. The van der Waals surface area contributed by atoms with Crippen LogP contribution in [0.2, 0.25) is 0 Å². The van der Waals surface area contributed by atoms with Crippen LogP contribution < -0.4 is 11.3 Å². The van der Waals surface area contributed by atoms with Crippen molar-refractivity contribution < 1.29 is 81.3 Å². The summed E-state index contributed by atoms with van der Waals surface area (Å²) in [5, 5.41) is 42.9. The molecule has 8 aliphatic carbocycles. The predicted octanol–water partition coefficient (Wildman–Crippen LogP) is 14.1. The van der Waals surface area contributed by atoms with E-state index in [9.17, 15) is 53.7 Å². The second-order valence-corrected chi connectivity index (χ2v) is 37.1. The molecule has 8 fully saturated rings. The lowest BCUT2D eigenvalue weighted by Gasteiger charge is -2.62. The molecule has 9 unspecified atom stereocenters. The maximum Gasteiger partial charge on any atom is 0.335 e. The monoisotopic (exact) mass is 1590 g/mol. The lowest BCUT2D eigenvalue weighted by Crippen LogP contribution is -2.61. The van der Waals surface area contributed by atoms with Crippen molar-refractivity contribution in [3.63, 3.8) is 0 Å². The van der Waals surface area contributed by atoms with Crippen molar-refractivity contribution in [1.82, 2.24) is 9.80 Å². The number of esters is 2. The van der Waals surface area contributed by atoms with Crippen LogP contribution in [0.1, 0.15) is 236 Å². The average Bonchev–Trinajstić information content (AvgIpc) is 1.62. The first-order valence-electron chi connectivity index (χ1n) is 39.7. The van der Waals surface area contributed by atoms with Crippen molar-refractivity contribution >= 4 is 76.3 Å². The van der Waals surface area contributed by atoms with Gasteiger partial charge in [-0.15, -0.1) is 0 Å². The second kappa shape index (κ2) is 30.4. The highest BCUT2D eigenvalue weighted by atomic mass is 35.6. The van der Waals surface area contributed by atoms with E-state index in [0.29, 0.717) is 28.9 Å². The van der Waals surface area contributed by atoms with Crippen LogP contribution in [0.15, 0.2) is 127 Å². The summed E-state index contributed by atoms with van der Waals surface area (Å²) in [6.07, 6.45) is 18.3. The number of nitrogens with zero attached hydrogens (tertiary/aromatic N) is 2. The molecule has 24 atom stereocenters. The number of fused-ring (bicyclic) bond motifs is 12. The zero-order valence-corrected chi connectivity index (χ0v) is 67.0. The first kappa shape index (κ1) is 80.7. The third kappa shape index (κ3) is 13.9. The van der Waals surface area contributed by atoms with E-state index in [4.69, 9.17) is 77.5 Å². The minimum Gasteiger partial charge on any atom is -0.463 e. The molecular weight excluding hydrogens is 1490 g/mol. The Bertz CT molecular complexity index is 4400. The van der Waals surface area contributed by atoms with E-state index in [1.165, 1.54) is 42.0 Å². The van der Waals surface area contributed by atoms with Crippen molar-refractivity contribution in [1.29, 1.82) is 5.41 Å². The molecule has 111 heavy (non-hydrogen) atoms. The Morgan fingerprint density at radius 1 is 0.523 bits per heavy atom. The zero-order valence-electron chi connectivity index (χ0n) is 64.8. The summed E-state index contributed by atoms with van der Waals surface area (Å²) in [4.78, 5) is 102. The van der Waals surface area contributed by atoms with E-state index < -0.39 is 81.5 Å². The number of benzene rings is 2. The van der Waals surface area contributed by atoms with E-state index in [0.717, 1.165) is 119 Å². The van der Waals surface area contributed by atoms with Crippen molar-refractivity contribution in [2.24, 2.45) is 69.0 Å². The first-order valence-corrected chi connectivity index (χ1v) is 40.8. The summed E-state index contributed by atoms with van der Waals surface area (Å²) in [5.74, 6) is -2.56.